The summed E-state index contributed by atoms with van der Waals surface area (Å²) in [6.07, 6.45) is 0. The van der Waals surface area contributed by atoms with Gasteiger partial charge in [0.1, 0.15) is 11.5 Å². The van der Waals surface area contributed by atoms with Crippen LogP contribution in [-0.4, -0.2) is 19.1 Å². The quantitative estimate of drug-likeness (QED) is 0.267. The van der Waals surface area contributed by atoms with Crippen molar-refractivity contribution in [2.75, 3.05) is 23.3 Å². The summed E-state index contributed by atoms with van der Waals surface area (Å²) in [5.41, 5.74) is 6.78. The average Bonchev–Trinajstić information content (AvgIpc) is 3.21. The van der Waals surface area contributed by atoms with Crippen molar-refractivity contribution < 1.29 is 14.3 Å². The van der Waals surface area contributed by atoms with Crippen LogP contribution in [0.25, 0.3) is 0 Å². The van der Waals surface area contributed by atoms with E-state index in [9.17, 15) is 4.79 Å². The summed E-state index contributed by atoms with van der Waals surface area (Å²) in [5.74, 6) is 1.03. The monoisotopic (exact) mass is 524 g/mol. The minimum absolute atomic E-state index is 0.337. The van der Waals surface area contributed by atoms with Crippen LogP contribution in [0.15, 0.2) is 72.8 Å². The normalized spacial score (nSPS) is 16.8. The molecular weight excluding hydrogens is 496 g/mol. The van der Waals surface area contributed by atoms with E-state index in [2.05, 4.69) is 36.2 Å². The van der Waals surface area contributed by atoms with Gasteiger partial charge in [0.15, 0.2) is 5.60 Å². The molecular formula is C32H29ClN2O3. The first-order valence-corrected chi connectivity index (χ1v) is 13.3. The molecule has 0 fully saturated rings. The molecule has 0 aromatic heterocycles. The molecule has 0 radical (unpaired) electrons. The fourth-order valence-electron chi connectivity index (χ4n) is 5.61. The first-order valence-electron chi connectivity index (χ1n) is 12.9. The van der Waals surface area contributed by atoms with Crippen molar-refractivity contribution >= 4 is 34.6 Å². The van der Waals surface area contributed by atoms with Gasteiger partial charge in [-0.15, -0.1) is 0 Å². The molecule has 2 aliphatic rings. The number of anilines is 3. The molecule has 6 heteroatoms. The second-order valence-electron chi connectivity index (χ2n) is 9.82. The number of hydrogen-bond acceptors (Lipinski definition) is 5. The van der Waals surface area contributed by atoms with Gasteiger partial charge < -0.3 is 19.7 Å². The number of ether oxygens (including phenoxy) is 2. The number of halogens is 1. The maximum atomic E-state index is 13.2. The van der Waals surface area contributed by atoms with E-state index < -0.39 is 5.60 Å². The fourth-order valence-corrected chi connectivity index (χ4v) is 5.72. The lowest BCUT2D eigenvalue weighted by Crippen LogP contribution is -2.33. The fraction of sp³-hybridized carbons (Fsp3) is 0.219. The topological polar surface area (TPSA) is 50.8 Å². The third-order valence-electron chi connectivity index (χ3n) is 7.61. The average molecular weight is 525 g/mol. The highest BCUT2D eigenvalue weighted by Crippen LogP contribution is 2.57. The van der Waals surface area contributed by atoms with Gasteiger partial charge in [-0.3, -0.25) is 0 Å². The van der Waals surface area contributed by atoms with Crippen LogP contribution in [0.1, 0.15) is 52.0 Å². The molecule has 2 heterocycles. The van der Waals surface area contributed by atoms with Crippen LogP contribution >= 0.6 is 11.6 Å². The molecule has 4 aromatic carbocycles. The standard InChI is InChI=1S/C32H29ClN2O3/c1-5-35(6-2)22-12-13-25-30(17-22)37-29-16-20(4)28(34-21-11-14-27(33)19(3)15-21)18-26(29)32(25)24-10-8-7-9-23(24)31(36)38-32/h7-18,34H,5-6H2,1-4H3. The van der Waals surface area contributed by atoms with Crippen LogP contribution < -0.4 is 15.0 Å². The Bertz CT molecular complexity index is 1590. The molecule has 38 heavy (non-hydrogen) atoms. The van der Waals surface area contributed by atoms with Crippen LogP contribution in [0, 0.1) is 13.8 Å². The minimum Gasteiger partial charge on any atom is -0.456 e. The molecule has 192 valence electrons. The van der Waals surface area contributed by atoms with Crippen molar-refractivity contribution in [3.05, 3.63) is 111 Å². The van der Waals surface area contributed by atoms with Crippen LogP contribution in [0.5, 0.6) is 11.5 Å². The highest BCUT2D eigenvalue weighted by molar-refractivity contribution is 6.31. The zero-order valence-corrected chi connectivity index (χ0v) is 22.6. The smallest absolute Gasteiger partial charge is 0.340 e. The van der Waals surface area contributed by atoms with Crippen molar-refractivity contribution in [3.63, 3.8) is 0 Å². The summed E-state index contributed by atoms with van der Waals surface area (Å²) in [4.78, 5) is 15.5. The van der Waals surface area contributed by atoms with E-state index in [-0.39, 0.29) is 5.97 Å². The van der Waals surface area contributed by atoms with Crippen LogP contribution in [0.4, 0.5) is 17.1 Å². The van der Waals surface area contributed by atoms with Crippen molar-refractivity contribution in [1.82, 2.24) is 0 Å². The van der Waals surface area contributed by atoms with Crippen LogP contribution in [0.3, 0.4) is 0 Å². The molecule has 0 aliphatic carbocycles. The van der Waals surface area contributed by atoms with E-state index >= 15 is 0 Å². The molecule has 0 amide bonds. The Morgan fingerprint density at radius 1 is 0.842 bits per heavy atom. The Labute approximate surface area is 228 Å². The Morgan fingerprint density at radius 2 is 1.61 bits per heavy atom. The number of carbonyl (C=O) groups excluding carboxylic acids is 1. The first kappa shape index (κ1) is 24.4. The number of esters is 1. The molecule has 6 rings (SSSR count). The number of rotatable bonds is 5. The van der Waals surface area contributed by atoms with Crippen molar-refractivity contribution in [2.45, 2.75) is 33.3 Å². The molecule has 1 unspecified atom stereocenters. The summed E-state index contributed by atoms with van der Waals surface area (Å²) in [6.45, 7) is 10.1. The summed E-state index contributed by atoms with van der Waals surface area (Å²) in [5, 5.41) is 4.26. The van der Waals surface area contributed by atoms with Gasteiger partial charge >= 0.3 is 5.97 Å². The van der Waals surface area contributed by atoms with Crippen LogP contribution in [-0.2, 0) is 10.3 Å². The first-order chi connectivity index (χ1) is 18.3. The van der Waals surface area contributed by atoms with E-state index in [0.29, 0.717) is 17.1 Å². The summed E-state index contributed by atoms with van der Waals surface area (Å²) >= 11 is 6.25. The van der Waals surface area contributed by atoms with E-state index in [1.54, 1.807) is 0 Å². The predicted molar refractivity (Wildman–Crippen MR) is 152 cm³/mol. The zero-order chi connectivity index (χ0) is 26.6. The lowest BCUT2D eigenvalue weighted by molar-refractivity contribution is 0.0224. The summed E-state index contributed by atoms with van der Waals surface area (Å²) < 4.78 is 12.9. The molecule has 1 N–H and O–H groups in total. The van der Waals surface area contributed by atoms with E-state index in [1.165, 1.54) is 0 Å². The lowest BCUT2D eigenvalue weighted by Gasteiger charge is -2.37. The van der Waals surface area contributed by atoms with Gasteiger partial charge in [-0.25, -0.2) is 4.79 Å². The SMILES string of the molecule is CCN(CC)c1ccc2c(c1)Oc1cc(C)c(Nc3ccc(Cl)c(C)c3)cc1C21OC(=O)c2ccccc21. The molecule has 1 spiro atoms. The Hall–Kier alpha value is -3.96. The van der Waals surface area contributed by atoms with Crippen molar-refractivity contribution in [2.24, 2.45) is 0 Å². The Morgan fingerprint density at radius 3 is 2.37 bits per heavy atom. The number of carbonyl (C=O) groups is 1. The van der Waals surface area contributed by atoms with Crippen molar-refractivity contribution in [3.8, 4) is 11.5 Å². The van der Waals surface area contributed by atoms with Gasteiger partial charge in [-0.05, 0) is 87.4 Å². The highest BCUT2D eigenvalue weighted by atomic mass is 35.5. The number of fused-ring (bicyclic) bond motifs is 6. The molecule has 0 bridgehead atoms. The predicted octanol–water partition coefficient (Wildman–Crippen LogP) is 8.11. The maximum Gasteiger partial charge on any atom is 0.340 e. The van der Waals surface area contributed by atoms with Gasteiger partial charge in [0.25, 0.3) is 0 Å². The molecule has 5 nitrogen and oxygen atoms in total. The summed E-state index contributed by atoms with van der Waals surface area (Å²) in [7, 11) is 0. The van der Waals surface area contributed by atoms with Gasteiger partial charge in [0, 0.05) is 57.9 Å². The zero-order valence-electron chi connectivity index (χ0n) is 21.9. The lowest BCUT2D eigenvalue weighted by atomic mass is 9.77. The maximum absolute atomic E-state index is 13.2. The molecule has 1 atom stereocenters. The summed E-state index contributed by atoms with van der Waals surface area (Å²) in [6, 6.07) is 23.7. The van der Waals surface area contributed by atoms with Gasteiger partial charge in [0.05, 0.1) is 5.56 Å². The van der Waals surface area contributed by atoms with Crippen molar-refractivity contribution in [1.29, 1.82) is 0 Å². The van der Waals surface area contributed by atoms with Crippen LogP contribution in [0.2, 0.25) is 5.02 Å². The third-order valence-corrected chi connectivity index (χ3v) is 8.03. The number of nitrogens with zero attached hydrogens (tertiary/aromatic N) is 1. The number of benzene rings is 4. The molecule has 4 aromatic rings. The third kappa shape index (κ3) is 3.64. The molecule has 0 saturated carbocycles. The number of aryl methyl sites for hydroxylation is 2. The largest absolute Gasteiger partial charge is 0.456 e. The molecule has 0 saturated heterocycles. The molecule has 2 aliphatic heterocycles. The van der Waals surface area contributed by atoms with E-state index in [4.69, 9.17) is 21.1 Å². The minimum atomic E-state index is -1.11. The highest BCUT2D eigenvalue weighted by Gasteiger charge is 2.53. The second kappa shape index (κ2) is 9.10. The number of hydrogen-bond donors (Lipinski definition) is 1. The van der Waals surface area contributed by atoms with E-state index in [0.717, 1.165) is 63.0 Å². The van der Waals surface area contributed by atoms with Gasteiger partial charge in [-0.1, -0.05) is 29.8 Å². The number of nitrogens with one attached hydrogen (secondary N) is 1. The Kier molecular flexibility index (Phi) is 5.84. The Balaban J connectivity index is 1.56. The van der Waals surface area contributed by atoms with E-state index in [1.807, 2.05) is 74.5 Å². The van der Waals surface area contributed by atoms with Gasteiger partial charge in [0.2, 0.25) is 0 Å². The second-order valence-corrected chi connectivity index (χ2v) is 10.2. The van der Waals surface area contributed by atoms with Gasteiger partial charge in [-0.2, -0.15) is 0 Å².